The normalized spacial score (nSPS) is 10.7. The van der Waals surface area contributed by atoms with Gasteiger partial charge in [0.2, 0.25) is 0 Å². The Morgan fingerprint density at radius 1 is 1.27 bits per heavy atom. The van der Waals surface area contributed by atoms with E-state index in [-0.39, 0.29) is 0 Å². The third-order valence-electron chi connectivity index (χ3n) is 2.23. The molecule has 0 amide bonds. The summed E-state index contributed by atoms with van der Waals surface area (Å²) in [5.41, 5.74) is 1.07. The van der Waals surface area contributed by atoms with Crippen molar-refractivity contribution in [3.63, 3.8) is 0 Å². The molecule has 0 spiro atoms. The minimum Gasteiger partial charge on any atom is -0.375 e. The molecule has 0 bridgehead atoms. The van der Waals surface area contributed by atoms with Gasteiger partial charge in [-0.3, -0.25) is 0 Å². The zero-order valence-corrected chi connectivity index (χ0v) is 9.94. The predicted octanol–water partition coefficient (Wildman–Crippen LogP) is 3.73. The SMILES string of the molecule is ClCCCCNc1snc2ccccc12. The molecule has 1 heterocycles. The van der Waals surface area contributed by atoms with Gasteiger partial charge in [0, 0.05) is 17.8 Å². The number of fused-ring (bicyclic) bond motifs is 1. The first-order valence-corrected chi connectivity index (χ1v) is 6.37. The van der Waals surface area contributed by atoms with E-state index in [2.05, 4.69) is 15.8 Å². The molecule has 0 radical (unpaired) electrons. The summed E-state index contributed by atoms with van der Waals surface area (Å²) in [6.45, 7) is 0.971. The number of alkyl halides is 1. The number of rotatable bonds is 5. The van der Waals surface area contributed by atoms with Crippen LogP contribution in [0.25, 0.3) is 10.9 Å². The Morgan fingerprint density at radius 3 is 3.00 bits per heavy atom. The van der Waals surface area contributed by atoms with Gasteiger partial charge in [0.05, 0.1) is 5.52 Å². The average Bonchev–Trinajstić information content (AvgIpc) is 2.68. The second-order valence-corrected chi connectivity index (χ2v) is 4.50. The summed E-state index contributed by atoms with van der Waals surface area (Å²) in [4.78, 5) is 0. The van der Waals surface area contributed by atoms with E-state index in [0.717, 1.165) is 30.8 Å². The Balaban J connectivity index is 2.02. The quantitative estimate of drug-likeness (QED) is 0.636. The predicted molar refractivity (Wildman–Crippen MR) is 68.1 cm³/mol. The van der Waals surface area contributed by atoms with E-state index in [9.17, 15) is 0 Å². The molecule has 4 heteroatoms. The fourth-order valence-corrected chi connectivity index (χ4v) is 2.41. The number of nitrogens with zero attached hydrogens (tertiary/aromatic N) is 1. The molecule has 1 aromatic heterocycles. The van der Waals surface area contributed by atoms with Gasteiger partial charge in [-0.2, -0.15) is 4.37 Å². The maximum absolute atomic E-state index is 5.62. The van der Waals surface area contributed by atoms with Crippen molar-refractivity contribution < 1.29 is 0 Å². The number of aromatic nitrogens is 1. The zero-order valence-electron chi connectivity index (χ0n) is 8.37. The Hall–Kier alpha value is -0.800. The molecular weight excluding hydrogens is 228 g/mol. The molecule has 0 aliphatic heterocycles. The Kier molecular flexibility index (Phi) is 3.80. The van der Waals surface area contributed by atoms with Gasteiger partial charge in [0.15, 0.2) is 0 Å². The topological polar surface area (TPSA) is 24.9 Å². The van der Waals surface area contributed by atoms with Gasteiger partial charge in [-0.05, 0) is 36.5 Å². The number of benzene rings is 1. The van der Waals surface area contributed by atoms with Crippen LogP contribution in [0.15, 0.2) is 24.3 Å². The Morgan fingerprint density at radius 2 is 2.13 bits per heavy atom. The number of hydrogen-bond donors (Lipinski definition) is 1. The van der Waals surface area contributed by atoms with E-state index < -0.39 is 0 Å². The summed E-state index contributed by atoms with van der Waals surface area (Å²) in [6.07, 6.45) is 2.17. The van der Waals surface area contributed by atoms with Crippen molar-refractivity contribution in [2.45, 2.75) is 12.8 Å². The number of unbranched alkanes of at least 4 members (excludes halogenated alkanes) is 1. The molecule has 0 unspecified atom stereocenters. The fourth-order valence-electron chi connectivity index (χ4n) is 1.44. The molecule has 1 N–H and O–H groups in total. The summed E-state index contributed by atoms with van der Waals surface area (Å²) >= 11 is 7.15. The van der Waals surface area contributed by atoms with Gasteiger partial charge in [-0.25, -0.2) is 0 Å². The number of nitrogens with one attached hydrogen (secondary N) is 1. The van der Waals surface area contributed by atoms with Crippen molar-refractivity contribution in [1.82, 2.24) is 4.37 Å². The van der Waals surface area contributed by atoms with E-state index in [1.54, 1.807) is 0 Å². The molecule has 1 aromatic carbocycles. The van der Waals surface area contributed by atoms with Crippen molar-refractivity contribution in [3.05, 3.63) is 24.3 Å². The molecule has 80 valence electrons. The summed E-state index contributed by atoms with van der Waals surface area (Å²) in [7, 11) is 0. The van der Waals surface area contributed by atoms with E-state index in [4.69, 9.17) is 11.6 Å². The third kappa shape index (κ3) is 2.61. The molecule has 15 heavy (non-hydrogen) atoms. The first-order chi connectivity index (χ1) is 7.42. The van der Waals surface area contributed by atoms with Crippen LogP contribution in [0, 0.1) is 0 Å². The highest BCUT2D eigenvalue weighted by molar-refractivity contribution is 7.11. The van der Waals surface area contributed by atoms with E-state index >= 15 is 0 Å². The number of hydrogen-bond acceptors (Lipinski definition) is 3. The minimum atomic E-state index is 0.741. The van der Waals surface area contributed by atoms with Gasteiger partial charge in [0.25, 0.3) is 0 Å². The highest BCUT2D eigenvalue weighted by atomic mass is 35.5. The third-order valence-corrected chi connectivity index (χ3v) is 3.33. The molecule has 0 fully saturated rings. The first-order valence-electron chi connectivity index (χ1n) is 5.06. The lowest BCUT2D eigenvalue weighted by molar-refractivity contribution is 0.842. The second-order valence-electron chi connectivity index (χ2n) is 3.35. The second kappa shape index (κ2) is 5.33. The summed E-state index contributed by atoms with van der Waals surface area (Å²) in [6, 6.07) is 8.19. The molecule has 0 saturated carbocycles. The summed E-state index contributed by atoms with van der Waals surface area (Å²) in [5, 5.41) is 5.78. The highest BCUT2D eigenvalue weighted by Gasteiger charge is 2.03. The molecule has 0 aliphatic rings. The minimum absolute atomic E-state index is 0.741. The maximum Gasteiger partial charge on any atom is 0.117 e. The molecule has 0 atom stereocenters. The lowest BCUT2D eigenvalue weighted by Gasteiger charge is -2.01. The van der Waals surface area contributed by atoms with Crippen LogP contribution >= 0.6 is 23.1 Å². The van der Waals surface area contributed by atoms with Gasteiger partial charge in [0.1, 0.15) is 5.00 Å². The van der Waals surface area contributed by atoms with Crippen molar-refractivity contribution in [2.75, 3.05) is 17.7 Å². The van der Waals surface area contributed by atoms with Crippen LogP contribution in [0.3, 0.4) is 0 Å². The molecule has 2 aromatic rings. The number of halogens is 1. The zero-order chi connectivity index (χ0) is 10.5. The molecule has 0 saturated heterocycles. The van der Waals surface area contributed by atoms with Gasteiger partial charge < -0.3 is 5.32 Å². The van der Waals surface area contributed by atoms with Crippen molar-refractivity contribution >= 4 is 39.0 Å². The average molecular weight is 241 g/mol. The molecule has 0 aliphatic carbocycles. The Bertz CT molecular complexity index is 427. The van der Waals surface area contributed by atoms with Crippen molar-refractivity contribution in [2.24, 2.45) is 0 Å². The van der Waals surface area contributed by atoms with Crippen LogP contribution in [-0.2, 0) is 0 Å². The van der Waals surface area contributed by atoms with Crippen LogP contribution in [0.1, 0.15) is 12.8 Å². The van der Waals surface area contributed by atoms with Crippen LogP contribution in [-0.4, -0.2) is 16.8 Å². The molecule has 2 nitrogen and oxygen atoms in total. The summed E-state index contributed by atoms with van der Waals surface area (Å²) < 4.78 is 4.37. The van der Waals surface area contributed by atoms with Crippen LogP contribution in [0.5, 0.6) is 0 Å². The number of anilines is 1. The lowest BCUT2D eigenvalue weighted by atomic mass is 10.2. The molecular formula is C11H13ClN2S. The van der Waals surface area contributed by atoms with E-state index in [0.29, 0.717) is 0 Å². The smallest absolute Gasteiger partial charge is 0.117 e. The first kappa shape index (κ1) is 10.7. The van der Waals surface area contributed by atoms with Crippen LogP contribution in [0.2, 0.25) is 0 Å². The largest absolute Gasteiger partial charge is 0.375 e. The summed E-state index contributed by atoms with van der Waals surface area (Å²) in [5.74, 6) is 0.741. The van der Waals surface area contributed by atoms with Gasteiger partial charge in [-0.15, -0.1) is 11.6 Å². The molecule has 2 rings (SSSR count). The Labute approximate surface area is 98.4 Å². The maximum atomic E-state index is 5.62. The van der Waals surface area contributed by atoms with Crippen LogP contribution < -0.4 is 5.32 Å². The van der Waals surface area contributed by atoms with Crippen molar-refractivity contribution in [1.29, 1.82) is 0 Å². The van der Waals surface area contributed by atoms with Crippen molar-refractivity contribution in [3.8, 4) is 0 Å². The van der Waals surface area contributed by atoms with Crippen LogP contribution in [0.4, 0.5) is 5.00 Å². The van der Waals surface area contributed by atoms with Gasteiger partial charge in [-0.1, -0.05) is 12.1 Å². The lowest BCUT2D eigenvalue weighted by Crippen LogP contribution is -1.99. The fraction of sp³-hybridized carbons (Fsp3) is 0.364. The standard InChI is InChI=1S/C11H13ClN2S/c12-7-3-4-8-13-11-9-5-1-2-6-10(9)14-15-11/h1-2,5-6,13H,3-4,7-8H2. The van der Waals surface area contributed by atoms with E-state index in [1.165, 1.54) is 21.9 Å². The monoisotopic (exact) mass is 240 g/mol. The highest BCUT2D eigenvalue weighted by Crippen LogP contribution is 2.26. The van der Waals surface area contributed by atoms with Gasteiger partial charge >= 0.3 is 0 Å². The van der Waals surface area contributed by atoms with E-state index in [1.807, 2.05) is 18.2 Å².